The monoisotopic (exact) mass is 394 g/mol. The zero-order chi connectivity index (χ0) is 19.3. The molecule has 0 saturated carbocycles. The first kappa shape index (κ1) is 20.3. The second-order valence-corrected chi connectivity index (χ2v) is 8.47. The van der Waals surface area contributed by atoms with Crippen LogP contribution in [0.3, 0.4) is 0 Å². The standard InChI is InChI=1S/C19H23ClN2O3S/c1-4-15-5-7-16(8-6-15)14(2)21-19(23)13-22(26(3,24)25)18-11-9-17(20)10-12-18/h5-12,14H,4,13H2,1-3H3,(H,21,23)/t14-/m1/s1. The van der Waals surface area contributed by atoms with Crippen LogP contribution < -0.4 is 9.62 Å². The van der Waals surface area contributed by atoms with Gasteiger partial charge in [0.15, 0.2) is 0 Å². The summed E-state index contributed by atoms with van der Waals surface area (Å²) in [5.41, 5.74) is 2.58. The zero-order valence-electron chi connectivity index (χ0n) is 15.1. The number of anilines is 1. The van der Waals surface area contributed by atoms with Crippen LogP contribution in [0.2, 0.25) is 5.02 Å². The summed E-state index contributed by atoms with van der Waals surface area (Å²) in [5, 5.41) is 3.34. The van der Waals surface area contributed by atoms with Crippen LogP contribution in [0.1, 0.15) is 31.0 Å². The Morgan fingerprint density at radius 3 is 2.19 bits per heavy atom. The molecule has 0 aliphatic heterocycles. The van der Waals surface area contributed by atoms with E-state index in [2.05, 4.69) is 12.2 Å². The predicted octanol–water partition coefficient (Wildman–Crippen LogP) is 3.55. The van der Waals surface area contributed by atoms with Crippen LogP contribution in [0.5, 0.6) is 0 Å². The number of hydrogen-bond donors (Lipinski definition) is 1. The van der Waals surface area contributed by atoms with E-state index in [0.29, 0.717) is 10.7 Å². The minimum Gasteiger partial charge on any atom is -0.348 e. The number of carbonyl (C=O) groups is 1. The maximum absolute atomic E-state index is 12.4. The lowest BCUT2D eigenvalue weighted by molar-refractivity contribution is -0.120. The lowest BCUT2D eigenvalue weighted by Gasteiger charge is -2.23. The van der Waals surface area contributed by atoms with Gasteiger partial charge in [0.2, 0.25) is 15.9 Å². The Hall–Kier alpha value is -2.05. The highest BCUT2D eigenvalue weighted by atomic mass is 35.5. The maximum atomic E-state index is 12.4. The van der Waals surface area contributed by atoms with Gasteiger partial charge in [-0.1, -0.05) is 42.8 Å². The summed E-state index contributed by atoms with van der Waals surface area (Å²) >= 11 is 5.85. The molecule has 2 rings (SSSR count). The molecule has 1 amide bonds. The minimum absolute atomic E-state index is 0.222. The van der Waals surface area contributed by atoms with Crippen molar-refractivity contribution in [1.29, 1.82) is 0 Å². The van der Waals surface area contributed by atoms with E-state index in [1.54, 1.807) is 24.3 Å². The van der Waals surface area contributed by atoms with Gasteiger partial charge in [0.1, 0.15) is 6.54 Å². The Labute approximate surface area is 160 Å². The van der Waals surface area contributed by atoms with Crippen LogP contribution in [-0.4, -0.2) is 27.1 Å². The summed E-state index contributed by atoms with van der Waals surface area (Å²) in [7, 11) is -3.61. The van der Waals surface area contributed by atoms with E-state index < -0.39 is 10.0 Å². The van der Waals surface area contributed by atoms with Crippen molar-refractivity contribution in [2.45, 2.75) is 26.3 Å². The van der Waals surface area contributed by atoms with Crippen molar-refractivity contribution in [1.82, 2.24) is 5.32 Å². The quantitative estimate of drug-likeness (QED) is 0.780. The molecular weight excluding hydrogens is 372 g/mol. The molecule has 2 aromatic rings. The van der Waals surface area contributed by atoms with Gasteiger partial charge in [0.05, 0.1) is 18.0 Å². The third-order valence-corrected chi connectivity index (χ3v) is 5.46. The second-order valence-electron chi connectivity index (χ2n) is 6.13. The van der Waals surface area contributed by atoms with Crippen molar-refractivity contribution in [3.63, 3.8) is 0 Å². The molecule has 26 heavy (non-hydrogen) atoms. The fraction of sp³-hybridized carbons (Fsp3) is 0.316. The first-order valence-corrected chi connectivity index (χ1v) is 10.5. The SMILES string of the molecule is CCc1ccc([C@@H](C)NC(=O)CN(c2ccc(Cl)cc2)S(C)(=O)=O)cc1. The Morgan fingerprint density at radius 1 is 1.12 bits per heavy atom. The van der Waals surface area contributed by atoms with E-state index in [4.69, 9.17) is 11.6 Å². The average Bonchev–Trinajstić information content (AvgIpc) is 2.59. The smallest absolute Gasteiger partial charge is 0.241 e. The number of amides is 1. The van der Waals surface area contributed by atoms with E-state index >= 15 is 0 Å². The van der Waals surface area contributed by atoms with Gasteiger partial charge in [0, 0.05) is 5.02 Å². The van der Waals surface area contributed by atoms with Crippen molar-refractivity contribution >= 4 is 33.2 Å². The van der Waals surface area contributed by atoms with E-state index in [1.165, 1.54) is 5.56 Å². The number of rotatable bonds is 7. The fourth-order valence-corrected chi connectivity index (χ4v) is 3.53. The molecule has 2 aromatic carbocycles. The van der Waals surface area contributed by atoms with Crippen molar-refractivity contribution in [3.05, 3.63) is 64.7 Å². The van der Waals surface area contributed by atoms with Crippen molar-refractivity contribution in [2.75, 3.05) is 17.1 Å². The van der Waals surface area contributed by atoms with Gasteiger partial charge in [-0.2, -0.15) is 0 Å². The summed E-state index contributed by atoms with van der Waals surface area (Å²) in [5.74, 6) is -0.377. The molecule has 0 aliphatic rings. The molecular formula is C19H23ClN2O3S. The Kier molecular flexibility index (Phi) is 6.67. The lowest BCUT2D eigenvalue weighted by Crippen LogP contribution is -2.41. The van der Waals surface area contributed by atoms with Crippen molar-refractivity contribution in [2.24, 2.45) is 0 Å². The number of nitrogens with zero attached hydrogens (tertiary/aromatic N) is 1. The Bertz CT molecular complexity index is 849. The number of hydrogen-bond acceptors (Lipinski definition) is 3. The van der Waals surface area contributed by atoms with E-state index in [-0.39, 0.29) is 18.5 Å². The molecule has 140 valence electrons. The maximum Gasteiger partial charge on any atom is 0.241 e. The van der Waals surface area contributed by atoms with Crippen molar-refractivity contribution < 1.29 is 13.2 Å². The summed E-state index contributed by atoms with van der Waals surface area (Å²) in [6.07, 6.45) is 2.02. The van der Waals surface area contributed by atoms with Gasteiger partial charge < -0.3 is 5.32 Å². The van der Waals surface area contributed by atoms with Gasteiger partial charge in [-0.3, -0.25) is 9.10 Å². The predicted molar refractivity (Wildman–Crippen MR) is 106 cm³/mol. The Balaban J connectivity index is 2.10. The molecule has 0 saturated heterocycles. The normalized spacial score (nSPS) is 12.5. The van der Waals surface area contributed by atoms with Gasteiger partial charge in [-0.25, -0.2) is 8.42 Å². The molecule has 1 atom stereocenters. The largest absolute Gasteiger partial charge is 0.348 e. The highest BCUT2D eigenvalue weighted by Crippen LogP contribution is 2.20. The van der Waals surface area contributed by atoms with Crippen LogP contribution in [0.15, 0.2) is 48.5 Å². The summed E-state index contributed by atoms with van der Waals surface area (Å²) in [6.45, 7) is 3.65. The first-order valence-electron chi connectivity index (χ1n) is 8.32. The molecule has 7 heteroatoms. The minimum atomic E-state index is -3.61. The van der Waals surface area contributed by atoms with Crippen LogP contribution in [-0.2, 0) is 21.2 Å². The Morgan fingerprint density at radius 2 is 1.69 bits per heavy atom. The van der Waals surface area contributed by atoms with E-state index in [1.807, 2.05) is 31.2 Å². The van der Waals surface area contributed by atoms with E-state index in [0.717, 1.165) is 22.5 Å². The highest BCUT2D eigenvalue weighted by Gasteiger charge is 2.21. The van der Waals surface area contributed by atoms with Crippen molar-refractivity contribution in [3.8, 4) is 0 Å². The average molecular weight is 395 g/mol. The van der Waals surface area contributed by atoms with Gasteiger partial charge in [-0.05, 0) is 48.7 Å². The molecule has 1 N–H and O–H groups in total. The molecule has 0 heterocycles. The zero-order valence-corrected chi connectivity index (χ0v) is 16.6. The second kappa shape index (κ2) is 8.56. The number of aryl methyl sites for hydroxylation is 1. The van der Waals surface area contributed by atoms with Gasteiger partial charge in [-0.15, -0.1) is 0 Å². The van der Waals surface area contributed by atoms with Gasteiger partial charge >= 0.3 is 0 Å². The number of carbonyl (C=O) groups excluding carboxylic acids is 1. The molecule has 5 nitrogen and oxygen atoms in total. The number of nitrogens with one attached hydrogen (secondary N) is 1. The third kappa shape index (κ3) is 5.47. The topological polar surface area (TPSA) is 66.5 Å². The van der Waals surface area contributed by atoms with Crippen LogP contribution in [0, 0.1) is 0 Å². The number of benzene rings is 2. The number of halogens is 1. The highest BCUT2D eigenvalue weighted by molar-refractivity contribution is 7.92. The number of sulfonamides is 1. The van der Waals surface area contributed by atoms with Crippen LogP contribution >= 0.6 is 11.6 Å². The van der Waals surface area contributed by atoms with Gasteiger partial charge in [0.25, 0.3) is 0 Å². The molecule has 0 aliphatic carbocycles. The van der Waals surface area contributed by atoms with Crippen LogP contribution in [0.25, 0.3) is 0 Å². The molecule has 0 radical (unpaired) electrons. The fourth-order valence-electron chi connectivity index (χ4n) is 2.55. The van der Waals surface area contributed by atoms with E-state index in [9.17, 15) is 13.2 Å². The molecule has 0 unspecified atom stereocenters. The molecule has 0 fully saturated rings. The summed E-state index contributed by atoms with van der Waals surface area (Å²) < 4.78 is 25.2. The first-order chi connectivity index (χ1) is 12.2. The van der Waals surface area contributed by atoms with Crippen LogP contribution in [0.4, 0.5) is 5.69 Å². The summed E-state index contributed by atoms with van der Waals surface area (Å²) in [4.78, 5) is 12.4. The molecule has 0 bridgehead atoms. The summed E-state index contributed by atoms with van der Waals surface area (Å²) in [6, 6.07) is 14.1. The third-order valence-electron chi connectivity index (χ3n) is 4.07. The molecule has 0 aromatic heterocycles. The molecule has 0 spiro atoms. The lowest BCUT2D eigenvalue weighted by atomic mass is 10.1.